The van der Waals surface area contributed by atoms with Crippen LogP contribution >= 0.6 is 0 Å². The van der Waals surface area contributed by atoms with Gasteiger partial charge in [-0.05, 0) is 92.7 Å². The number of aliphatic hydroxyl groups is 3. The highest BCUT2D eigenvalue weighted by Crippen LogP contribution is 2.64. The number of ether oxygens (including phenoxy) is 7. The Balaban J connectivity index is 1.59. The van der Waals surface area contributed by atoms with Gasteiger partial charge in [0, 0.05) is 25.2 Å². The highest BCUT2D eigenvalue weighted by molar-refractivity contribution is 6.77. The Morgan fingerprint density at radius 1 is 0.930 bits per heavy atom. The largest absolute Gasteiger partial charge is 0.497 e. The molecule has 0 unspecified atom stereocenters. The molecule has 3 aliphatic carbocycles. The van der Waals surface area contributed by atoms with Gasteiger partial charge in [0.1, 0.15) is 64.5 Å². The zero-order chi connectivity index (χ0) is 53.1. The van der Waals surface area contributed by atoms with Gasteiger partial charge in [-0.3, -0.25) is 9.59 Å². The molecule has 0 spiro atoms. The van der Waals surface area contributed by atoms with Crippen molar-refractivity contribution in [2.45, 2.75) is 186 Å². The summed E-state index contributed by atoms with van der Waals surface area (Å²) in [5, 5.41) is 41.6. The number of benzene rings is 1. The molecule has 2 saturated carbocycles. The van der Waals surface area contributed by atoms with Gasteiger partial charge in [0.05, 0.1) is 44.5 Å². The molecule has 1 aliphatic heterocycles. The molecule has 4 N–H and O–H groups in total. The van der Waals surface area contributed by atoms with Crippen LogP contribution in [0.25, 0.3) is 0 Å². The smallest absolute Gasteiger partial charge is 0.408 e. The first-order chi connectivity index (χ1) is 32.9. The summed E-state index contributed by atoms with van der Waals surface area (Å²) in [4.78, 5) is 72.8. The predicted molar refractivity (Wildman–Crippen MR) is 259 cm³/mol. The second-order valence-electron chi connectivity index (χ2n) is 22.3. The minimum atomic E-state index is -3.08. The van der Waals surface area contributed by atoms with E-state index in [0.29, 0.717) is 0 Å². The van der Waals surface area contributed by atoms with Crippen LogP contribution in [0.1, 0.15) is 132 Å². The number of rotatable bonds is 15. The molecular formula is C52H75NO17Si. The Morgan fingerprint density at radius 2 is 1.56 bits per heavy atom. The van der Waals surface area contributed by atoms with Crippen molar-refractivity contribution in [1.29, 1.82) is 0 Å². The zero-order valence-electron chi connectivity index (χ0n) is 44.0. The van der Waals surface area contributed by atoms with Crippen LogP contribution in [0, 0.1) is 16.7 Å². The average molecular weight is 1010 g/mol. The molecule has 1 saturated heterocycles. The van der Waals surface area contributed by atoms with Gasteiger partial charge in [-0.15, -0.1) is 0 Å². The van der Waals surface area contributed by atoms with Crippen LogP contribution in [0.5, 0.6) is 11.5 Å². The summed E-state index contributed by atoms with van der Waals surface area (Å²) in [5.41, 5.74) is -9.21. The molecule has 11 atom stereocenters. The van der Waals surface area contributed by atoms with Crippen LogP contribution < -0.4 is 14.8 Å². The molecule has 18 nitrogen and oxygen atoms in total. The molecule has 1 aromatic heterocycles. The number of carbonyl (C=O) groups excluding carboxylic acids is 5. The Labute approximate surface area is 417 Å². The number of ketones is 1. The second kappa shape index (κ2) is 19.9. The molecule has 19 heteroatoms. The number of fused-ring (bicyclic) bond motifs is 5. The van der Waals surface area contributed by atoms with E-state index >= 15 is 9.59 Å². The van der Waals surface area contributed by atoms with Crippen molar-refractivity contribution in [3.63, 3.8) is 0 Å². The Bertz CT molecular complexity index is 2350. The van der Waals surface area contributed by atoms with Crippen molar-refractivity contribution in [3.8, 4) is 11.5 Å². The van der Waals surface area contributed by atoms with E-state index in [1.54, 1.807) is 59.7 Å². The number of nitrogens with one attached hydrogen (secondary N) is 1. The number of methoxy groups -OCH3 is 2. The number of carbonyl (C=O) groups is 5. The van der Waals surface area contributed by atoms with E-state index in [4.69, 9.17) is 42.0 Å². The SMILES string of the molecule is COc1ccc(OC)c(C(=O)O[C@H]2[C@@H]3[C@]4(OC(C)=O)CO[C@@H]4C[C@H](O)[C@@]3(C)C(=O)[C@H](O)C3=C(C)[C@@H](OC(=O)[C@H](O[Si](C(C)C)(C(C)C)C(C)C)[C@@H](NC(=O)OC(C)(C)C)c4ccco4)C[C@]2(O)C3(C)C)c1. The summed E-state index contributed by atoms with van der Waals surface area (Å²) >= 11 is 0. The number of amides is 1. The second-order valence-corrected chi connectivity index (χ2v) is 27.7. The van der Waals surface area contributed by atoms with Gasteiger partial charge in [0.15, 0.2) is 17.5 Å². The number of Topliss-reactive ketones (excluding diaryl/α,β-unsaturated/α-hetero) is 1. The van der Waals surface area contributed by atoms with E-state index in [-0.39, 0.29) is 63.6 Å². The van der Waals surface area contributed by atoms with Crippen LogP contribution in [0.15, 0.2) is 52.2 Å². The van der Waals surface area contributed by atoms with Crippen molar-refractivity contribution in [3.05, 3.63) is 59.1 Å². The molecule has 1 aromatic carbocycles. The molecule has 4 aliphatic rings. The van der Waals surface area contributed by atoms with Crippen LogP contribution in [0.2, 0.25) is 16.6 Å². The molecule has 0 radical (unpaired) electrons. The number of esters is 3. The maximum absolute atomic E-state index is 15.6. The standard InChI is InChI=1S/C52H75NO17Si/c1-26(2)71(27(3)4,28(5)6)70-41(39(34-18-17-21-64-34)53-47(60)69-48(9,10)11)46(59)66-35-24-52(61)44(67-45(58)32-22-31(62-15)19-20-33(32)63-16)42-50(14,43(57)40(56)38(29(35)7)49(52,12)13)36(55)23-37-51(42,25-65-37)68-30(8)54/h17-22,26-28,35-37,39-42,44,55-56,61H,23-25H2,1-16H3,(H,53,60)/t35-,36-,37+,39-,40+,41+,42-,44-,50+,51-,52+/m0/s1. The average Bonchev–Trinajstić information content (AvgIpc) is 3.81. The van der Waals surface area contributed by atoms with Crippen molar-refractivity contribution >= 4 is 38.1 Å². The topological polar surface area (TPSA) is 245 Å². The van der Waals surface area contributed by atoms with Crippen molar-refractivity contribution < 1.29 is 81.3 Å². The summed E-state index contributed by atoms with van der Waals surface area (Å²) in [7, 11) is -0.333. The van der Waals surface area contributed by atoms with E-state index in [0.717, 1.165) is 6.92 Å². The Morgan fingerprint density at radius 3 is 2.07 bits per heavy atom. The quantitative estimate of drug-likeness (QED) is 0.0603. The minimum Gasteiger partial charge on any atom is -0.497 e. The van der Waals surface area contributed by atoms with Crippen molar-refractivity contribution in [1.82, 2.24) is 5.32 Å². The minimum absolute atomic E-state index is 0.0587. The first-order valence-electron chi connectivity index (χ1n) is 24.4. The van der Waals surface area contributed by atoms with Gasteiger partial charge in [0.2, 0.25) is 8.32 Å². The van der Waals surface area contributed by atoms with E-state index in [1.165, 1.54) is 39.5 Å². The van der Waals surface area contributed by atoms with Crippen LogP contribution in [0.3, 0.4) is 0 Å². The van der Waals surface area contributed by atoms with Gasteiger partial charge < -0.3 is 62.6 Å². The van der Waals surface area contributed by atoms with Gasteiger partial charge >= 0.3 is 24.0 Å². The predicted octanol–water partition coefficient (Wildman–Crippen LogP) is 7.07. The number of aliphatic hydroxyl groups excluding tert-OH is 2. The third-order valence-electron chi connectivity index (χ3n) is 15.9. The molecule has 394 valence electrons. The molecule has 3 fully saturated rings. The van der Waals surface area contributed by atoms with E-state index in [2.05, 4.69) is 5.32 Å². The highest BCUT2D eigenvalue weighted by atomic mass is 28.4. The number of furan rings is 1. The number of hydrogen-bond donors (Lipinski definition) is 4. The summed E-state index contributed by atoms with van der Waals surface area (Å²) in [6.07, 6.45) is -9.93. The molecule has 2 bridgehead atoms. The third-order valence-corrected chi connectivity index (χ3v) is 22.0. The van der Waals surface area contributed by atoms with Gasteiger partial charge in [0.25, 0.3) is 0 Å². The van der Waals surface area contributed by atoms with E-state index in [9.17, 15) is 29.7 Å². The third kappa shape index (κ3) is 9.43. The maximum atomic E-state index is 15.6. The van der Waals surface area contributed by atoms with E-state index < -0.39 is 121 Å². The molecule has 1 amide bonds. The van der Waals surface area contributed by atoms with Crippen molar-refractivity contribution in [2.75, 3.05) is 20.8 Å². The maximum Gasteiger partial charge on any atom is 0.408 e. The fourth-order valence-electron chi connectivity index (χ4n) is 12.5. The van der Waals surface area contributed by atoms with Gasteiger partial charge in [-0.1, -0.05) is 55.4 Å². The first-order valence-corrected chi connectivity index (χ1v) is 26.5. The van der Waals surface area contributed by atoms with Crippen LogP contribution in [0.4, 0.5) is 4.79 Å². The van der Waals surface area contributed by atoms with Crippen molar-refractivity contribution in [2.24, 2.45) is 16.7 Å². The lowest BCUT2D eigenvalue weighted by Gasteiger charge is -2.67. The number of alkyl carbamates (subject to hydrolysis) is 1. The lowest BCUT2D eigenvalue weighted by atomic mass is 9.44. The normalized spacial score (nSPS) is 30.2. The molecule has 71 heavy (non-hydrogen) atoms. The summed E-state index contributed by atoms with van der Waals surface area (Å²) in [6, 6.07) is 6.26. The van der Waals surface area contributed by atoms with E-state index in [1.807, 2.05) is 41.5 Å². The fraction of sp³-hybridized carbons (Fsp3) is 0.673. The van der Waals surface area contributed by atoms with Gasteiger partial charge in [-0.2, -0.15) is 0 Å². The fourth-order valence-corrected chi connectivity index (χ4v) is 17.9. The lowest BCUT2D eigenvalue weighted by Crippen LogP contribution is -2.81. The van der Waals surface area contributed by atoms with Crippen LogP contribution in [-0.4, -0.2) is 128 Å². The highest BCUT2D eigenvalue weighted by Gasteiger charge is 2.78. The molecule has 2 aromatic rings. The summed E-state index contributed by atoms with van der Waals surface area (Å²) in [5.74, 6) is -4.90. The molecule has 2 heterocycles. The summed E-state index contributed by atoms with van der Waals surface area (Å²) < 4.78 is 55.0. The number of hydrogen-bond acceptors (Lipinski definition) is 17. The van der Waals surface area contributed by atoms with Crippen LogP contribution in [-0.2, 0) is 42.5 Å². The summed E-state index contributed by atoms with van der Waals surface area (Å²) in [6.45, 7) is 24.2. The lowest BCUT2D eigenvalue weighted by molar-refractivity contribution is -0.346. The van der Waals surface area contributed by atoms with Gasteiger partial charge in [-0.25, -0.2) is 14.4 Å². The zero-order valence-corrected chi connectivity index (χ0v) is 45.0. The Kier molecular flexibility index (Phi) is 15.6. The monoisotopic (exact) mass is 1010 g/mol. The molecule has 6 rings (SSSR count). The Hall–Kier alpha value is -4.79. The first kappa shape index (κ1) is 55.5. The molecular weight excluding hydrogens is 939 g/mol.